The molecule has 6 heteroatoms. The Kier molecular flexibility index (Phi) is 6.74. The number of amides is 1. The van der Waals surface area contributed by atoms with E-state index in [1.165, 1.54) is 0 Å². The monoisotopic (exact) mass is 495 g/mol. The fourth-order valence-corrected chi connectivity index (χ4v) is 3.42. The van der Waals surface area contributed by atoms with E-state index in [0.29, 0.717) is 19.8 Å². The highest BCUT2D eigenvalue weighted by atomic mass is 127. The first-order valence-electron chi connectivity index (χ1n) is 7.77. The van der Waals surface area contributed by atoms with Crippen LogP contribution < -0.4 is 0 Å². The van der Waals surface area contributed by atoms with Gasteiger partial charge in [0.1, 0.15) is 5.60 Å². The minimum Gasteiger partial charge on any atom is -0.444 e. The second kappa shape index (κ2) is 8.16. The molecule has 0 bridgehead atoms. The Balaban J connectivity index is 2.21. The Morgan fingerprint density at radius 2 is 2.04 bits per heavy atom. The number of carbonyl (C=O) groups is 1. The molecule has 23 heavy (non-hydrogen) atoms. The van der Waals surface area contributed by atoms with Gasteiger partial charge in [0.25, 0.3) is 0 Å². The summed E-state index contributed by atoms with van der Waals surface area (Å²) in [7, 11) is 0. The van der Waals surface area contributed by atoms with Crippen LogP contribution in [0, 0.1) is 3.57 Å². The van der Waals surface area contributed by atoms with Gasteiger partial charge in [-0.15, -0.1) is 0 Å². The highest BCUT2D eigenvalue weighted by molar-refractivity contribution is 14.1. The zero-order chi connectivity index (χ0) is 17.0. The number of rotatable bonds is 3. The Bertz CT molecular complexity index is 553. The quantitative estimate of drug-likeness (QED) is 0.555. The third kappa shape index (κ3) is 5.90. The number of carbonyl (C=O) groups excluding carboxylic acids is 1. The lowest BCUT2D eigenvalue weighted by molar-refractivity contribution is -0.00814. The molecule has 0 aromatic heterocycles. The highest BCUT2D eigenvalue weighted by Gasteiger charge is 2.30. The maximum absolute atomic E-state index is 12.7. The summed E-state index contributed by atoms with van der Waals surface area (Å²) in [6.07, 6.45) is 1.45. The molecular weight excluding hydrogens is 473 g/mol. The summed E-state index contributed by atoms with van der Waals surface area (Å²) < 4.78 is 13.2. The van der Waals surface area contributed by atoms with Gasteiger partial charge in [0.2, 0.25) is 0 Å². The summed E-state index contributed by atoms with van der Waals surface area (Å²) in [4.78, 5) is 14.6. The maximum atomic E-state index is 12.7. The summed E-state index contributed by atoms with van der Waals surface area (Å²) in [6, 6.07) is 6.29. The van der Waals surface area contributed by atoms with Gasteiger partial charge in [-0.3, -0.25) is 0 Å². The van der Waals surface area contributed by atoms with E-state index in [2.05, 4.69) is 50.7 Å². The van der Waals surface area contributed by atoms with E-state index in [0.717, 1.165) is 26.4 Å². The number of halogens is 2. The summed E-state index contributed by atoms with van der Waals surface area (Å²) in [5.41, 5.74) is 0.627. The lowest BCUT2D eigenvalue weighted by atomic mass is 10.1. The molecular formula is C17H23BrINO3. The minimum atomic E-state index is -0.495. The minimum absolute atomic E-state index is 0.161. The van der Waals surface area contributed by atoms with Crippen LogP contribution in [0.15, 0.2) is 22.7 Å². The maximum Gasteiger partial charge on any atom is 0.410 e. The number of hydrogen-bond acceptors (Lipinski definition) is 3. The summed E-state index contributed by atoms with van der Waals surface area (Å²) in [5, 5.41) is 0. The van der Waals surface area contributed by atoms with Crippen LogP contribution in [0.4, 0.5) is 4.79 Å². The van der Waals surface area contributed by atoms with Crippen molar-refractivity contribution in [2.45, 2.75) is 51.8 Å². The smallest absolute Gasteiger partial charge is 0.410 e. The van der Waals surface area contributed by atoms with Gasteiger partial charge >= 0.3 is 6.09 Å². The van der Waals surface area contributed by atoms with Gasteiger partial charge < -0.3 is 14.4 Å². The van der Waals surface area contributed by atoms with Crippen molar-refractivity contribution in [3.05, 3.63) is 31.8 Å². The normalized spacial score (nSPS) is 16.2. The SMILES string of the molecule is CC(C)(C)OC(=O)N(Cc1cc(Br)ccc1I)C1CCOCC1. The van der Waals surface area contributed by atoms with Crippen LogP contribution in [0.2, 0.25) is 0 Å². The lowest BCUT2D eigenvalue weighted by Crippen LogP contribution is -2.45. The largest absolute Gasteiger partial charge is 0.444 e. The Labute approximate surface area is 160 Å². The predicted molar refractivity (Wildman–Crippen MR) is 102 cm³/mol. The van der Waals surface area contributed by atoms with Gasteiger partial charge in [-0.05, 0) is 80.0 Å². The van der Waals surface area contributed by atoms with Gasteiger partial charge in [0, 0.05) is 27.3 Å². The van der Waals surface area contributed by atoms with Crippen LogP contribution >= 0.6 is 38.5 Å². The van der Waals surface area contributed by atoms with Crippen molar-refractivity contribution in [2.75, 3.05) is 13.2 Å². The van der Waals surface area contributed by atoms with E-state index in [1.807, 2.05) is 31.7 Å². The first-order chi connectivity index (χ1) is 10.8. The van der Waals surface area contributed by atoms with E-state index in [9.17, 15) is 4.79 Å². The molecule has 1 saturated heterocycles. The average Bonchev–Trinajstić information content (AvgIpc) is 2.47. The molecule has 0 radical (unpaired) electrons. The second-order valence-corrected chi connectivity index (χ2v) is 8.77. The van der Waals surface area contributed by atoms with E-state index in [1.54, 1.807) is 0 Å². The van der Waals surface area contributed by atoms with Crippen molar-refractivity contribution in [2.24, 2.45) is 0 Å². The topological polar surface area (TPSA) is 38.8 Å². The van der Waals surface area contributed by atoms with Crippen molar-refractivity contribution < 1.29 is 14.3 Å². The molecule has 1 fully saturated rings. The molecule has 1 amide bonds. The van der Waals surface area contributed by atoms with Gasteiger partial charge in [-0.25, -0.2) is 4.79 Å². The van der Waals surface area contributed by atoms with E-state index in [-0.39, 0.29) is 12.1 Å². The van der Waals surface area contributed by atoms with Crippen LogP contribution in [-0.2, 0) is 16.0 Å². The molecule has 0 unspecified atom stereocenters. The highest BCUT2D eigenvalue weighted by Crippen LogP contribution is 2.25. The first kappa shape index (κ1) is 19.0. The van der Waals surface area contributed by atoms with Crippen LogP contribution in [0.25, 0.3) is 0 Å². The molecule has 1 aliphatic heterocycles. The first-order valence-corrected chi connectivity index (χ1v) is 9.65. The fourth-order valence-electron chi connectivity index (χ4n) is 2.51. The van der Waals surface area contributed by atoms with Crippen LogP contribution in [0.5, 0.6) is 0 Å². The molecule has 1 aromatic carbocycles. The molecule has 0 N–H and O–H groups in total. The van der Waals surface area contributed by atoms with Crippen molar-refractivity contribution in [1.29, 1.82) is 0 Å². The van der Waals surface area contributed by atoms with Crippen molar-refractivity contribution in [3.8, 4) is 0 Å². The molecule has 0 aliphatic carbocycles. The average molecular weight is 496 g/mol. The number of nitrogens with zero attached hydrogens (tertiary/aromatic N) is 1. The molecule has 1 aromatic rings. The van der Waals surface area contributed by atoms with Crippen LogP contribution in [0.1, 0.15) is 39.2 Å². The Morgan fingerprint density at radius 3 is 2.65 bits per heavy atom. The molecule has 0 atom stereocenters. The fraction of sp³-hybridized carbons (Fsp3) is 0.588. The predicted octanol–water partition coefficient (Wildman–Crippen LogP) is 4.97. The molecule has 0 saturated carbocycles. The standard InChI is InChI=1S/C17H23BrINO3/c1-17(2,3)23-16(21)20(14-6-8-22-9-7-14)11-12-10-13(18)4-5-15(12)19/h4-5,10,14H,6-9,11H2,1-3H3. The summed E-state index contributed by atoms with van der Waals surface area (Å²) >= 11 is 5.82. The van der Waals surface area contributed by atoms with Crippen molar-refractivity contribution in [1.82, 2.24) is 4.90 Å². The van der Waals surface area contributed by atoms with Crippen LogP contribution in [0.3, 0.4) is 0 Å². The molecule has 0 spiro atoms. The third-order valence-electron chi connectivity index (χ3n) is 3.61. The summed E-state index contributed by atoms with van der Waals surface area (Å²) in [5.74, 6) is 0. The molecule has 1 heterocycles. The van der Waals surface area contributed by atoms with Gasteiger partial charge in [0.15, 0.2) is 0 Å². The van der Waals surface area contributed by atoms with Crippen LogP contribution in [-0.4, -0.2) is 35.8 Å². The number of benzene rings is 1. The Hall–Kier alpha value is -0.340. The molecule has 2 rings (SSSR count). The number of hydrogen-bond donors (Lipinski definition) is 0. The van der Waals surface area contributed by atoms with E-state index < -0.39 is 5.60 Å². The number of ether oxygens (including phenoxy) is 2. The summed E-state index contributed by atoms with van der Waals surface area (Å²) in [6.45, 7) is 7.64. The van der Waals surface area contributed by atoms with Gasteiger partial charge in [0.05, 0.1) is 6.54 Å². The lowest BCUT2D eigenvalue weighted by Gasteiger charge is -2.35. The molecule has 4 nitrogen and oxygen atoms in total. The van der Waals surface area contributed by atoms with E-state index in [4.69, 9.17) is 9.47 Å². The van der Waals surface area contributed by atoms with Gasteiger partial charge in [-0.2, -0.15) is 0 Å². The van der Waals surface area contributed by atoms with Crippen molar-refractivity contribution >= 4 is 44.6 Å². The molecule has 128 valence electrons. The zero-order valence-corrected chi connectivity index (χ0v) is 17.5. The zero-order valence-electron chi connectivity index (χ0n) is 13.8. The second-order valence-electron chi connectivity index (χ2n) is 6.69. The third-order valence-corrected chi connectivity index (χ3v) is 5.15. The van der Waals surface area contributed by atoms with Gasteiger partial charge in [-0.1, -0.05) is 15.9 Å². The van der Waals surface area contributed by atoms with E-state index >= 15 is 0 Å². The Morgan fingerprint density at radius 1 is 1.39 bits per heavy atom. The molecule has 1 aliphatic rings. The van der Waals surface area contributed by atoms with Crippen molar-refractivity contribution in [3.63, 3.8) is 0 Å².